The summed E-state index contributed by atoms with van der Waals surface area (Å²) >= 11 is 0. The first-order valence-corrected chi connectivity index (χ1v) is 5.01. The predicted molar refractivity (Wildman–Crippen MR) is 55.9 cm³/mol. The molecule has 15 heavy (non-hydrogen) atoms. The number of hydrogen-bond acceptors (Lipinski definition) is 4. The van der Waals surface area contributed by atoms with Gasteiger partial charge in [0.2, 0.25) is 5.60 Å². The van der Waals surface area contributed by atoms with E-state index in [0.29, 0.717) is 13.2 Å². The Morgan fingerprint density at radius 3 is 2.47 bits per heavy atom. The zero-order chi connectivity index (χ0) is 11.5. The molecule has 1 aliphatic heterocycles. The maximum Gasteiger partial charge on any atom is 0.324 e. The van der Waals surface area contributed by atoms with E-state index in [1.54, 1.807) is 6.92 Å². The summed E-state index contributed by atoms with van der Waals surface area (Å²) < 4.78 is 10.3. The van der Waals surface area contributed by atoms with Crippen LogP contribution in [-0.2, 0) is 14.3 Å². The molecule has 1 atom stereocenters. The van der Waals surface area contributed by atoms with Gasteiger partial charge in [-0.2, -0.15) is 0 Å². The highest BCUT2D eigenvalue weighted by Gasteiger charge is 2.42. The summed E-state index contributed by atoms with van der Waals surface area (Å²) in [5.41, 5.74) is 4.93. The molecule has 1 heterocycles. The van der Waals surface area contributed by atoms with Crippen molar-refractivity contribution < 1.29 is 14.3 Å². The van der Waals surface area contributed by atoms with Gasteiger partial charge in [0.15, 0.2) is 0 Å². The summed E-state index contributed by atoms with van der Waals surface area (Å²) in [6.45, 7) is 6.13. The standard InChI is InChI=1S/C11H17NO3/c1-4-5-11(6-14-7-11)15-10(13)9(12)8(2)3/h8-9H,6-7,12H2,1-3H3/t9-/m0/s1. The number of rotatable bonds is 3. The van der Waals surface area contributed by atoms with E-state index >= 15 is 0 Å². The van der Waals surface area contributed by atoms with Crippen LogP contribution in [0.2, 0.25) is 0 Å². The molecule has 4 heteroatoms. The Morgan fingerprint density at radius 2 is 2.13 bits per heavy atom. The molecule has 2 N–H and O–H groups in total. The summed E-state index contributed by atoms with van der Waals surface area (Å²) in [6.07, 6.45) is 0. The minimum Gasteiger partial charge on any atom is -0.440 e. The van der Waals surface area contributed by atoms with Gasteiger partial charge in [-0.25, -0.2) is 0 Å². The third-order valence-electron chi connectivity index (χ3n) is 2.31. The van der Waals surface area contributed by atoms with Crippen LogP contribution in [0.3, 0.4) is 0 Å². The van der Waals surface area contributed by atoms with Crippen molar-refractivity contribution >= 4 is 5.97 Å². The van der Waals surface area contributed by atoms with Crippen molar-refractivity contribution in [3.8, 4) is 11.8 Å². The van der Waals surface area contributed by atoms with Crippen molar-refractivity contribution in [2.75, 3.05) is 13.2 Å². The molecule has 1 rings (SSSR count). The lowest BCUT2D eigenvalue weighted by molar-refractivity contribution is -0.194. The normalized spacial score (nSPS) is 19.8. The highest BCUT2D eigenvalue weighted by atomic mass is 16.6. The van der Waals surface area contributed by atoms with E-state index in [-0.39, 0.29) is 5.92 Å². The van der Waals surface area contributed by atoms with Gasteiger partial charge in [0.05, 0.1) is 0 Å². The van der Waals surface area contributed by atoms with Crippen molar-refractivity contribution in [1.82, 2.24) is 0 Å². The summed E-state index contributed by atoms with van der Waals surface area (Å²) in [4.78, 5) is 11.6. The monoisotopic (exact) mass is 211 g/mol. The molecule has 0 bridgehead atoms. The molecule has 1 aliphatic rings. The predicted octanol–water partition coefficient (Wildman–Crippen LogP) is 0.305. The van der Waals surface area contributed by atoms with Gasteiger partial charge in [0, 0.05) is 0 Å². The molecule has 1 saturated heterocycles. The minimum atomic E-state index is -0.752. The molecule has 0 radical (unpaired) electrons. The van der Waals surface area contributed by atoms with Gasteiger partial charge < -0.3 is 15.2 Å². The number of nitrogens with two attached hydrogens (primary N) is 1. The van der Waals surface area contributed by atoms with E-state index < -0.39 is 17.6 Å². The van der Waals surface area contributed by atoms with E-state index in [1.807, 2.05) is 13.8 Å². The molecule has 0 saturated carbocycles. The molecular weight excluding hydrogens is 194 g/mol. The Balaban J connectivity index is 2.59. The lowest BCUT2D eigenvalue weighted by Gasteiger charge is -2.36. The number of carbonyl (C=O) groups is 1. The largest absolute Gasteiger partial charge is 0.440 e. The van der Waals surface area contributed by atoms with Crippen molar-refractivity contribution in [3.63, 3.8) is 0 Å². The zero-order valence-electron chi connectivity index (χ0n) is 9.37. The van der Waals surface area contributed by atoms with Gasteiger partial charge in [-0.1, -0.05) is 19.8 Å². The van der Waals surface area contributed by atoms with E-state index in [1.165, 1.54) is 0 Å². The number of ether oxygens (including phenoxy) is 2. The Morgan fingerprint density at radius 1 is 1.53 bits per heavy atom. The fourth-order valence-corrected chi connectivity index (χ4v) is 1.20. The van der Waals surface area contributed by atoms with Crippen LogP contribution in [0, 0.1) is 17.8 Å². The quantitative estimate of drug-likeness (QED) is 0.539. The van der Waals surface area contributed by atoms with Gasteiger partial charge in [-0.05, 0) is 12.8 Å². The Kier molecular flexibility index (Phi) is 3.72. The smallest absolute Gasteiger partial charge is 0.324 e. The zero-order valence-corrected chi connectivity index (χ0v) is 9.37. The fourth-order valence-electron chi connectivity index (χ4n) is 1.20. The highest BCUT2D eigenvalue weighted by Crippen LogP contribution is 2.22. The molecule has 4 nitrogen and oxygen atoms in total. The van der Waals surface area contributed by atoms with E-state index in [0.717, 1.165) is 0 Å². The van der Waals surface area contributed by atoms with Crippen LogP contribution in [0.5, 0.6) is 0 Å². The third-order valence-corrected chi connectivity index (χ3v) is 2.31. The number of hydrogen-bond donors (Lipinski definition) is 1. The second kappa shape index (κ2) is 4.65. The minimum absolute atomic E-state index is 0.0603. The Bertz CT molecular complexity index is 297. The maximum absolute atomic E-state index is 11.6. The molecule has 0 amide bonds. The summed E-state index contributed by atoms with van der Waals surface area (Å²) in [6, 6.07) is -0.596. The molecule has 0 aromatic carbocycles. The van der Waals surface area contributed by atoms with Crippen LogP contribution in [-0.4, -0.2) is 30.8 Å². The SMILES string of the molecule is CC#CC1(OC(=O)[C@@H](N)C(C)C)COC1. The molecule has 1 fully saturated rings. The van der Waals surface area contributed by atoms with E-state index in [2.05, 4.69) is 11.8 Å². The van der Waals surface area contributed by atoms with E-state index in [9.17, 15) is 4.79 Å². The summed E-state index contributed by atoms with van der Waals surface area (Å²) in [5.74, 6) is 5.24. The van der Waals surface area contributed by atoms with Crippen LogP contribution in [0.15, 0.2) is 0 Å². The van der Waals surface area contributed by atoms with Gasteiger partial charge in [-0.15, -0.1) is 5.92 Å². The summed E-state index contributed by atoms with van der Waals surface area (Å²) in [7, 11) is 0. The topological polar surface area (TPSA) is 61.5 Å². The van der Waals surface area contributed by atoms with Crippen molar-refractivity contribution in [2.45, 2.75) is 32.4 Å². The number of esters is 1. The molecule has 0 spiro atoms. The van der Waals surface area contributed by atoms with Gasteiger partial charge in [0.1, 0.15) is 19.3 Å². The first-order valence-electron chi connectivity index (χ1n) is 5.01. The third kappa shape index (κ3) is 2.71. The van der Waals surface area contributed by atoms with Gasteiger partial charge in [-0.3, -0.25) is 4.79 Å². The average molecular weight is 211 g/mol. The van der Waals surface area contributed by atoms with Crippen molar-refractivity contribution in [2.24, 2.45) is 11.7 Å². The molecule has 84 valence electrons. The number of carbonyl (C=O) groups excluding carboxylic acids is 1. The van der Waals surface area contributed by atoms with Crippen molar-refractivity contribution in [3.05, 3.63) is 0 Å². The van der Waals surface area contributed by atoms with Crippen LogP contribution in [0.4, 0.5) is 0 Å². The van der Waals surface area contributed by atoms with Crippen LogP contribution in [0.25, 0.3) is 0 Å². The van der Waals surface area contributed by atoms with Crippen LogP contribution in [0.1, 0.15) is 20.8 Å². The van der Waals surface area contributed by atoms with Crippen LogP contribution >= 0.6 is 0 Å². The molecular formula is C11H17NO3. The lowest BCUT2D eigenvalue weighted by atomic mass is 10.0. The molecule has 0 aromatic heterocycles. The molecule has 0 aromatic rings. The Hall–Kier alpha value is -1.05. The second-order valence-corrected chi connectivity index (χ2v) is 4.05. The summed E-state index contributed by atoms with van der Waals surface area (Å²) in [5, 5.41) is 0. The molecule has 0 aliphatic carbocycles. The van der Waals surface area contributed by atoms with Crippen LogP contribution < -0.4 is 5.73 Å². The first kappa shape index (κ1) is 12.0. The Labute approximate surface area is 90.1 Å². The van der Waals surface area contributed by atoms with Gasteiger partial charge >= 0.3 is 5.97 Å². The maximum atomic E-state index is 11.6. The fraction of sp³-hybridized carbons (Fsp3) is 0.727. The highest BCUT2D eigenvalue weighted by molar-refractivity contribution is 5.76. The molecule has 0 unspecified atom stereocenters. The van der Waals surface area contributed by atoms with Crippen molar-refractivity contribution in [1.29, 1.82) is 0 Å². The first-order chi connectivity index (χ1) is 7.01. The lowest BCUT2D eigenvalue weighted by Crippen LogP contribution is -2.54. The second-order valence-electron chi connectivity index (χ2n) is 4.05. The van der Waals surface area contributed by atoms with E-state index in [4.69, 9.17) is 15.2 Å². The average Bonchev–Trinajstić information content (AvgIpc) is 2.13. The van der Waals surface area contributed by atoms with Gasteiger partial charge in [0.25, 0.3) is 0 Å².